The van der Waals surface area contributed by atoms with Gasteiger partial charge in [-0.15, -0.1) is 0 Å². The molecule has 0 radical (unpaired) electrons. The van der Waals surface area contributed by atoms with E-state index in [2.05, 4.69) is 0 Å². The van der Waals surface area contributed by atoms with Gasteiger partial charge >= 0.3 is 7.12 Å². The first-order chi connectivity index (χ1) is 7.48. The Morgan fingerprint density at radius 2 is 1.75 bits per heavy atom. The minimum absolute atomic E-state index is 0.0522. The van der Waals surface area contributed by atoms with Crippen LogP contribution in [0.5, 0.6) is 0 Å². The summed E-state index contributed by atoms with van der Waals surface area (Å²) in [7, 11) is -0.395. The molecule has 3 nitrogen and oxygen atoms in total. The summed E-state index contributed by atoms with van der Waals surface area (Å²) in [6, 6.07) is 9.77. The Morgan fingerprint density at radius 3 is 2.25 bits per heavy atom. The van der Waals surface area contributed by atoms with Crippen molar-refractivity contribution in [2.45, 2.75) is 32.0 Å². The van der Waals surface area contributed by atoms with Crippen LogP contribution in [0.3, 0.4) is 0 Å². The fraction of sp³-hybridized carbons (Fsp3) is 0.500. The Balaban J connectivity index is 2.25. The van der Waals surface area contributed by atoms with Crippen LogP contribution in [-0.2, 0) is 9.31 Å². The molecule has 1 saturated heterocycles. The molecule has 86 valence electrons. The van der Waals surface area contributed by atoms with Crippen molar-refractivity contribution in [3.8, 4) is 0 Å². The van der Waals surface area contributed by atoms with Gasteiger partial charge in [-0.2, -0.15) is 0 Å². The predicted molar refractivity (Wildman–Crippen MR) is 63.6 cm³/mol. The van der Waals surface area contributed by atoms with Crippen molar-refractivity contribution in [2.24, 2.45) is 0 Å². The highest BCUT2D eigenvalue weighted by molar-refractivity contribution is 6.62. The minimum atomic E-state index is -0.659. The third-order valence-corrected chi connectivity index (χ3v) is 3.42. The monoisotopic (exact) mass is 220 g/mol. The lowest BCUT2D eigenvalue weighted by Gasteiger charge is -2.34. The molecule has 1 N–H and O–H groups in total. The third kappa shape index (κ3) is 1.77. The fourth-order valence-electron chi connectivity index (χ4n) is 1.77. The average molecular weight is 220 g/mol. The molecule has 1 aliphatic heterocycles. The first-order valence-electron chi connectivity index (χ1n) is 5.50. The summed E-state index contributed by atoms with van der Waals surface area (Å²) in [6.07, 6.45) is 0. The lowest BCUT2D eigenvalue weighted by Crippen LogP contribution is -2.47. The van der Waals surface area contributed by atoms with Crippen molar-refractivity contribution >= 4 is 12.6 Å². The standard InChI is InChI=1S/C12H17BO3/c1-11(2)12(3,9-14)16-13(15-11)10-7-5-4-6-8-10/h4-8,14H,9H2,1-3H3. The number of hydrogen-bond donors (Lipinski definition) is 1. The Morgan fingerprint density at radius 1 is 1.12 bits per heavy atom. The summed E-state index contributed by atoms with van der Waals surface area (Å²) in [4.78, 5) is 0. The smallest absolute Gasteiger partial charge is 0.399 e. The van der Waals surface area contributed by atoms with Gasteiger partial charge in [0.05, 0.1) is 12.2 Å². The first-order valence-corrected chi connectivity index (χ1v) is 5.50. The molecule has 1 aromatic carbocycles. The predicted octanol–water partition coefficient (Wildman–Crippen LogP) is 0.958. The minimum Gasteiger partial charge on any atom is -0.399 e. The molecule has 0 spiro atoms. The van der Waals surface area contributed by atoms with E-state index in [4.69, 9.17) is 9.31 Å². The van der Waals surface area contributed by atoms with E-state index in [0.717, 1.165) is 5.46 Å². The Bertz CT molecular complexity index is 366. The van der Waals surface area contributed by atoms with Crippen LogP contribution in [0.25, 0.3) is 0 Å². The van der Waals surface area contributed by atoms with Crippen LogP contribution in [0.15, 0.2) is 30.3 Å². The number of hydrogen-bond acceptors (Lipinski definition) is 3. The summed E-state index contributed by atoms with van der Waals surface area (Å²) in [6.45, 7) is 5.69. The molecule has 1 aromatic rings. The number of aliphatic hydroxyl groups is 1. The summed E-state index contributed by atoms with van der Waals surface area (Å²) >= 11 is 0. The lowest BCUT2D eigenvalue weighted by molar-refractivity contribution is -0.0473. The zero-order chi connectivity index (χ0) is 11.8. The maximum absolute atomic E-state index is 9.42. The normalized spacial score (nSPS) is 28.4. The van der Waals surface area contributed by atoms with Gasteiger partial charge in [0, 0.05) is 0 Å². The maximum Gasteiger partial charge on any atom is 0.494 e. The summed E-state index contributed by atoms with van der Waals surface area (Å²) in [5.74, 6) is 0. The van der Waals surface area contributed by atoms with Crippen molar-refractivity contribution in [3.05, 3.63) is 30.3 Å². The highest BCUT2D eigenvalue weighted by atomic mass is 16.7. The molecule has 0 amide bonds. The van der Waals surface area contributed by atoms with Crippen LogP contribution in [0.2, 0.25) is 0 Å². The van der Waals surface area contributed by atoms with Crippen LogP contribution in [-0.4, -0.2) is 30.0 Å². The van der Waals surface area contributed by atoms with E-state index < -0.39 is 18.3 Å². The van der Waals surface area contributed by atoms with Crippen LogP contribution in [0, 0.1) is 0 Å². The van der Waals surface area contributed by atoms with Crippen molar-refractivity contribution in [1.82, 2.24) is 0 Å². The molecule has 0 saturated carbocycles. The topological polar surface area (TPSA) is 38.7 Å². The van der Waals surface area contributed by atoms with Gasteiger partial charge in [0.25, 0.3) is 0 Å². The van der Waals surface area contributed by atoms with E-state index in [1.807, 2.05) is 51.1 Å². The first kappa shape index (κ1) is 11.6. The molecular formula is C12H17BO3. The molecule has 0 bridgehead atoms. The van der Waals surface area contributed by atoms with Crippen LogP contribution >= 0.6 is 0 Å². The van der Waals surface area contributed by atoms with Crippen molar-refractivity contribution < 1.29 is 14.4 Å². The van der Waals surface area contributed by atoms with Gasteiger partial charge in [0.1, 0.15) is 5.60 Å². The van der Waals surface area contributed by atoms with Gasteiger partial charge in [-0.25, -0.2) is 0 Å². The molecule has 2 rings (SSSR count). The largest absolute Gasteiger partial charge is 0.494 e. The molecule has 0 aromatic heterocycles. The molecule has 0 aliphatic carbocycles. The van der Waals surface area contributed by atoms with Crippen LogP contribution < -0.4 is 5.46 Å². The van der Waals surface area contributed by atoms with Gasteiger partial charge in [0.15, 0.2) is 0 Å². The van der Waals surface area contributed by atoms with E-state index in [1.165, 1.54) is 0 Å². The molecule has 4 heteroatoms. The van der Waals surface area contributed by atoms with Crippen molar-refractivity contribution in [3.63, 3.8) is 0 Å². The number of benzene rings is 1. The zero-order valence-electron chi connectivity index (χ0n) is 9.93. The van der Waals surface area contributed by atoms with E-state index in [9.17, 15) is 5.11 Å². The number of rotatable bonds is 2. The Labute approximate surface area is 96.5 Å². The molecular weight excluding hydrogens is 203 g/mol. The second-order valence-electron chi connectivity index (χ2n) is 4.88. The second-order valence-corrected chi connectivity index (χ2v) is 4.88. The highest BCUT2D eigenvalue weighted by Gasteiger charge is 2.54. The van der Waals surface area contributed by atoms with Gasteiger partial charge in [-0.1, -0.05) is 30.3 Å². The SMILES string of the molecule is CC1(C)OB(c2ccccc2)OC1(C)CO. The molecule has 1 aliphatic rings. The quantitative estimate of drug-likeness (QED) is 0.754. The molecule has 1 heterocycles. The van der Waals surface area contributed by atoms with E-state index in [0.29, 0.717) is 0 Å². The lowest BCUT2D eigenvalue weighted by atomic mass is 9.79. The molecule has 1 atom stereocenters. The maximum atomic E-state index is 9.42. The summed E-state index contributed by atoms with van der Waals surface area (Å²) < 4.78 is 11.7. The van der Waals surface area contributed by atoms with Gasteiger partial charge < -0.3 is 14.4 Å². The average Bonchev–Trinajstić information content (AvgIpc) is 2.52. The van der Waals surface area contributed by atoms with Crippen molar-refractivity contribution in [1.29, 1.82) is 0 Å². The number of aliphatic hydroxyl groups excluding tert-OH is 1. The third-order valence-electron chi connectivity index (χ3n) is 3.42. The van der Waals surface area contributed by atoms with Gasteiger partial charge in [-0.05, 0) is 26.2 Å². The Kier molecular flexibility index (Phi) is 2.82. The van der Waals surface area contributed by atoms with Gasteiger partial charge in [-0.3, -0.25) is 0 Å². The highest BCUT2D eigenvalue weighted by Crippen LogP contribution is 2.36. The second kappa shape index (κ2) is 3.88. The van der Waals surface area contributed by atoms with Crippen LogP contribution in [0.1, 0.15) is 20.8 Å². The van der Waals surface area contributed by atoms with E-state index in [1.54, 1.807) is 0 Å². The summed E-state index contributed by atoms with van der Waals surface area (Å²) in [5.41, 5.74) is -0.178. The van der Waals surface area contributed by atoms with Crippen molar-refractivity contribution in [2.75, 3.05) is 6.61 Å². The molecule has 16 heavy (non-hydrogen) atoms. The molecule has 1 unspecified atom stereocenters. The van der Waals surface area contributed by atoms with Gasteiger partial charge in [0.2, 0.25) is 0 Å². The summed E-state index contributed by atoms with van der Waals surface area (Å²) in [5, 5.41) is 9.42. The van der Waals surface area contributed by atoms with E-state index >= 15 is 0 Å². The van der Waals surface area contributed by atoms with E-state index in [-0.39, 0.29) is 6.61 Å². The fourth-order valence-corrected chi connectivity index (χ4v) is 1.77. The Hall–Kier alpha value is -0.835. The molecule has 1 fully saturated rings. The zero-order valence-corrected chi connectivity index (χ0v) is 9.93. The van der Waals surface area contributed by atoms with Crippen LogP contribution in [0.4, 0.5) is 0 Å².